The number of para-hydroxylation sites is 2. The van der Waals surface area contributed by atoms with Gasteiger partial charge in [0.05, 0.1) is 12.4 Å². The number of benzene rings is 4. The second kappa shape index (κ2) is 18.0. The van der Waals surface area contributed by atoms with Gasteiger partial charge in [-0.15, -0.1) is 0 Å². The quantitative estimate of drug-likeness (QED) is 0.0685. The van der Waals surface area contributed by atoms with Gasteiger partial charge in [0.2, 0.25) is 0 Å². The highest BCUT2D eigenvalue weighted by Crippen LogP contribution is 2.19. The van der Waals surface area contributed by atoms with E-state index in [1.54, 1.807) is 12.4 Å². The summed E-state index contributed by atoms with van der Waals surface area (Å²) in [5.74, 6) is 2.98. The number of ether oxygens (including phenoxy) is 2. The van der Waals surface area contributed by atoms with Gasteiger partial charge in [-0.25, -0.2) is 0 Å². The van der Waals surface area contributed by atoms with Crippen LogP contribution in [0.5, 0.6) is 11.5 Å². The fourth-order valence-electron chi connectivity index (χ4n) is 3.56. The molecule has 0 saturated carbocycles. The molecule has 0 unspecified atom stereocenters. The Morgan fingerprint density at radius 2 is 0.952 bits per heavy atom. The molecule has 0 amide bonds. The molecule has 0 saturated heterocycles. The number of nitrogens with one attached hydrogen (secondary N) is 2. The van der Waals surface area contributed by atoms with Gasteiger partial charge >= 0.3 is 0 Å². The first-order valence-corrected chi connectivity index (χ1v) is 15.9. The monoisotopic (exact) mass is 630 g/mol. The number of thiocarbonyl (C=S) groups is 2. The van der Waals surface area contributed by atoms with Crippen LogP contribution in [0.25, 0.3) is 0 Å². The molecule has 0 aliphatic rings. The Labute approximate surface area is 266 Å². The normalized spacial score (nSPS) is 11.0. The molecule has 0 atom stereocenters. The second-order valence-electron chi connectivity index (χ2n) is 8.64. The standard InChI is InChI=1S/C32H30N4O2S4/c39-31(41-23-25-11-3-1-4-12-25)35-33-21-27-15-7-9-17-29(27)37-19-20-38-30-18-10-8-16-28(30)22-34-36-32(40)42-24-26-13-5-2-6-14-26/h1-18,21-22H,19-20,23-24H2,(H,35,39)(H,36,40)/b33-21-,34-22-. The maximum Gasteiger partial charge on any atom is 0.154 e. The van der Waals surface area contributed by atoms with Gasteiger partial charge in [-0.1, -0.05) is 133 Å². The summed E-state index contributed by atoms with van der Waals surface area (Å²) in [6.07, 6.45) is 3.40. The van der Waals surface area contributed by atoms with Crippen LogP contribution in [0.1, 0.15) is 22.3 Å². The van der Waals surface area contributed by atoms with Gasteiger partial charge in [-0.05, 0) is 35.4 Å². The highest BCUT2D eigenvalue weighted by Gasteiger charge is 2.04. The summed E-state index contributed by atoms with van der Waals surface area (Å²) in [6.45, 7) is 0.709. The van der Waals surface area contributed by atoms with E-state index in [9.17, 15) is 0 Å². The van der Waals surface area contributed by atoms with Crippen LogP contribution in [0.15, 0.2) is 119 Å². The van der Waals surface area contributed by atoms with E-state index in [-0.39, 0.29) is 0 Å². The zero-order chi connectivity index (χ0) is 29.2. The third kappa shape index (κ3) is 11.3. The third-order valence-electron chi connectivity index (χ3n) is 5.58. The smallest absolute Gasteiger partial charge is 0.154 e. The molecule has 2 N–H and O–H groups in total. The van der Waals surface area contributed by atoms with E-state index in [4.69, 9.17) is 33.9 Å². The molecule has 0 heterocycles. The molecular formula is C32H30N4O2S4. The zero-order valence-electron chi connectivity index (χ0n) is 22.7. The van der Waals surface area contributed by atoms with Crippen molar-refractivity contribution in [1.29, 1.82) is 0 Å². The molecule has 0 radical (unpaired) electrons. The lowest BCUT2D eigenvalue weighted by Crippen LogP contribution is -2.13. The molecule has 4 aromatic rings. The van der Waals surface area contributed by atoms with Crippen LogP contribution in [0.2, 0.25) is 0 Å². The first-order valence-electron chi connectivity index (χ1n) is 13.1. The van der Waals surface area contributed by atoms with Crippen LogP contribution < -0.4 is 20.3 Å². The van der Waals surface area contributed by atoms with Crippen molar-refractivity contribution >= 4 is 69.0 Å². The first-order chi connectivity index (χ1) is 20.7. The molecule has 0 fully saturated rings. The Morgan fingerprint density at radius 1 is 0.571 bits per heavy atom. The van der Waals surface area contributed by atoms with Crippen LogP contribution in [0.4, 0.5) is 0 Å². The molecule has 0 aliphatic carbocycles. The maximum atomic E-state index is 5.99. The van der Waals surface area contributed by atoms with Crippen LogP contribution in [-0.4, -0.2) is 34.3 Å². The summed E-state index contributed by atoms with van der Waals surface area (Å²) in [6, 6.07) is 35.7. The highest BCUT2D eigenvalue weighted by atomic mass is 32.2. The zero-order valence-corrected chi connectivity index (χ0v) is 26.0. The number of nitrogens with zero attached hydrogens (tertiary/aromatic N) is 2. The van der Waals surface area contributed by atoms with Crippen molar-refractivity contribution in [2.24, 2.45) is 10.2 Å². The van der Waals surface area contributed by atoms with E-state index in [1.807, 2.05) is 84.9 Å². The molecule has 0 aliphatic heterocycles. The van der Waals surface area contributed by atoms with Gasteiger partial charge < -0.3 is 9.47 Å². The van der Waals surface area contributed by atoms with Crippen molar-refractivity contribution in [3.8, 4) is 11.5 Å². The largest absolute Gasteiger partial charge is 0.489 e. The Bertz CT molecular complexity index is 1370. The minimum absolute atomic E-state index is 0.355. The van der Waals surface area contributed by atoms with Gasteiger partial charge in [0.1, 0.15) is 24.7 Å². The van der Waals surface area contributed by atoms with Crippen LogP contribution in [-0.2, 0) is 11.5 Å². The lowest BCUT2D eigenvalue weighted by Gasteiger charge is -2.11. The maximum absolute atomic E-state index is 5.99. The number of hydrogen-bond donors (Lipinski definition) is 2. The number of hydrazone groups is 2. The molecule has 4 rings (SSSR count). The predicted molar refractivity (Wildman–Crippen MR) is 186 cm³/mol. The molecule has 42 heavy (non-hydrogen) atoms. The van der Waals surface area contributed by atoms with Crippen molar-refractivity contribution in [2.75, 3.05) is 13.2 Å². The van der Waals surface area contributed by atoms with Crippen molar-refractivity contribution in [3.63, 3.8) is 0 Å². The molecule has 0 bridgehead atoms. The van der Waals surface area contributed by atoms with E-state index >= 15 is 0 Å². The molecule has 0 aromatic heterocycles. The minimum atomic E-state index is 0.355. The molecular weight excluding hydrogens is 601 g/mol. The summed E-state index contributed by atoms with van der Waals surface area (Å²) in [5, 5.41) is 8.58. The Morgan fingerprint density at radius 3 is 1.38 bits per heavy atom. The van der Waals surface area contributed by atoms with Gasteiger partial charge in [-0.3, -0.25) is 10.9 Å². The average molecular weight is 631 g/mol. The third-order valence-corrected chi connectivity index (χ3v) is 8.13. The van der Waals surface area contributed by atoms with Crippen molar-refractivity contribution in [1.82, 2.24) is 10.9 Å². The Balaban J connectivity index is 1.20. The SMILES string of the molecule is S=C(N/N=C\c1ccccc1OCCOc1ccccc1/C=N\NC(=S)SCc1ccccc1)SCc1ccccc1. The summed E-state index contributed by atoms with van der Waals surface area (Å²) < 4.78 is 13.2. The van der Waals surface area contributed by atoms with E-state index in [0.29, 0.717) is 33.4 Å². The average Bonchev–Trinajstić information content (AvgIpc) is 3.03. The lowest BCUT2D eigenvalue weighted by molar-refractivity contribution is 0.217. The number of rotatable bonds is 13. The molecule has 10 heteroatoms. The number of thioether (sulfide) groups is 2. The fraction of sp³-hybridized carbons (Fsp3) is 0.125. The van der Waals surface area contributed by atoms with E-state index in [2.05, 4.69) is 45.3 Å². The molecule has 6 nitrogen and oxygen atoms in total. The van der Waals surface area contributed by atoms with Crippen molar-refractivity contribution in [2.45, 2.75) is 11.5 Å². The van der Waals surface area contributed by atoms with Gasteiger partial charge in [-0.2, -0.15) is 10.2 Å². The Kier molecular flexibility index (Phi) is 13.4. The summed E-state index contributed by atoms with van der Waals surface area (Å²) in [4.78, 5) is 0. The topological polar surface area (TPSA) is 67.2 Å². The summed E-state index contributed by atoms with van der Waals surface area (Å²) >= 11 is 13.8. The van der Waals surface area contributed by atoms with Gasteiger partial charge in [0, 0.05) is 22.6 Å². The molecule has 214 valence electrons. The predicted octanol–water partition coefficient (Wildman–Crippen LogP) is 7.43. The molecule has 0 spiro atoms. The van der Waals surface area contributed by atoms with Crippen LogP contribution in [0, 0.1) is 0 Å². The summed E-state index contributed by atoms with van der Waals surface area (Å²) in [5.41, 5.74) is 9.92. The van der Waals surface area contributed by atoms with Crippen molar-refractivity contribution < 1.29 is 9.47 Å². The number of hydrogen-bond acceptors (Lipinski definition) is 8. The van der Waals surface area contributed by atoms with E-state index < -0.39 is 0 Å². The fourth-order valence-corrected chi connectivity index (χ4v) is 5.23. The van der Waals surface area contributed by atoms with E-state index in [0.717, 1.165) is 22.6 Å². The lowest BCUT2D eigenvalue weighted by atomic mass is 10.2. The van der Waals surface area contributed by atoms with Gasteiger partial charge in [0.15, 0.2) is 8.64 Å². The molecule has 4 aromatic carbocycles. The van der Waals surface area contributed by atoms with Crippen LogP contribution in [0.3, 0.4) is 0 Å². The van der Waals surface area contributed by atoms with Gasteiger partial charge in [0.25, 0.3) is 0 Å². The Hall–Kier alpha value is -3.70. The highest BCUT2D eigenvalue weighted by molar-refractivity contribution is 8.22. The van der Waals surface area contributed by atoms with E-state index in [1.165, 1.54) is 34.7 Å². The van der Waals surface area contributed by atoms with Crippen molar-refractivity contribution in [3.05, 3.63) is 131 Å². The minimum Gasteiger partial charge on any atom is -0.489 e. The second-order valence-corrected chi connectivity index (χ2v) is 11.9. The summed E-state index contributed by atoms with van der Waals surface area (Å²) in [7, 11) is 0. The first kappa shape index (κ1) is 31.2. The van der Waals surface area contributed by atoms with Crippen LogP contribution >= 0.6 is 48.0 Å².